The minimum atomic E-state index is -4.15. The monoisotopic (exact) mass is 619 g/mol. The van der Waals surface area contributed by atoms with Crippen LogP contribution in [0.5, 0.6) is 0 Å². The molecule has 0 aliphatic carbocycles. The second-order valence-electron chi connectivity index (χ2n) is 9.25. The summed E-state index contributed by atoms with van der Waals surface area (Å²) in [4.78, 5) is 28.3. The quantitative estimate of drug-likeness (QED) is 0.322. The van der Waals surface area contributed by atoms with Crippen molar-refractivity contribution in [2.45, 2.75) is 51.2 Å². The zero-order chi connectivity index (χ0) is 28.0. The molecule has 0 saturated heterocycles. The van der Waals surface area contributed by atoms with Gasteiger partial charge < -0.3 is 10.2 Å². The van der Waals surface area contributed by atoms with E-state index in [1.165, 1.54) is 23.1 Å². The zero-order valence-corrected chi connectivity index (χ0v) is 24.8. The van der Waals surface area contributed by atoms with E-state index in [1.807, 2.05) is 38.1 Å². The van der Waals surface area contributed by atoms with Crippen molar-refractivity contribution < 1.29 is 18.0 Å². The van der Waals surface area contributed by atoms with Crippen molar-refractivity contribution in [1.82, 2.24) is 10.2 Å². The molecular formula is C28H31BrClN3O4S. The molecule has 0 heterocycles. The molecule has 3 rings (SSSR count). The van der Waals surface area contributed by atoms with Gasteiger partial charge in [0.25, 0.3) is 10.0 Å². The van der Waals surface area contributed by atoms with Gasteiger partial charge in [-0.25, -0.2) is 8.42 Å². The fourth-order valence-electron chi connectivity index (χ4n) is 3.90. The molecule has 0 fully saturated rings. The molecule has 7 nitrogen and oxygen atoms in total. The van der Waals surface area contributed by atoms with Gasteiger partial charge in [0.05, 0.1) is 10.6 Å². The van der Waals surface area contributed by atoms with E-state index in [4.69, 9.17) is 11.6 Å². The molecule has 3 aromatic carbocycles. The van der Waals surface area contributed by atoms with Crippen molar-refractivity contribution in [1.29, 1.82) is 0 Å². The topological polar surface area (TPSA) is 86.8 Å². The number of aryl methyl sites for hydroxylation is 1. The highest BCUT2D eigenvalue weighted by atomic mass is 79.9. The van der Waals surface area contributed by atoms with Crippen LogP contribution in [-0.2, 0) is 26.2 Å². The van der Waals surface area contributed by atoms with Crippen molar-refractivity contribution in [3.05, 3.63) is 93.4 Å². The molecule has 1 atom stereocenters. The Labute approximate surface area is 238 Å². The number of sulfonamides is 1. The first-order chi connectivity index (χ1) is 17.9. The number of carbonyl (C=O) groups excluding carboxylic acids is 2. The molecule has 0 aliphatic heterocycles. The van der Waals surface area contributed by atoms with Gasteiger partial charge >= 0.3 is 0 Å². The van der Waals surface area contributed by atoms with Crippen LogP contribution in [0.4, 0.5) is 5.69 Å². The lowest BCUT2D eigenvalue weighted by molar-refractivity contribution is -0.139. The Hall–Kier alpha value is -2.88. The van der Waals surface area contributed by atoms with Crippen molar-refractivity contribution >= 4 is 55.1 Å². The lowest BCUT2D eigenvalue weighted by atomic mass is 10.1. The van der Waals surface area contributed by atoms with Gasteiger partial charge in [-0.05, 0) is 75.2 Å². The number of carbonyl (C=O) groups is 2. The molecule has 0 aliphatic rings. The van der Waals surface area contributed by atoms with E-state index in [9.17, 15) is 18.0 Å². The summed E-state index contributed by atoms with van der Waals surface area (Å²) in [5.41, 5.74) is 1.70. The normalized spacial score (nSPS) is 12.2. The number of hydrogen-bond acceptors (Lipinski definition) is 4. The Morgan fingerprint density at radius 2 is 1.66 bits per heavy atom. The van der Waals surface area contributed by atoms with Crippen molar-refractivity contribution in [2.75, 3.05) is 10.8 Å². The molecule has 3 aromatic rings. The fourth-order valence-corrected chi connectivity index (χ4v) is 6.01. The molecule has 202 valence electrons. The van der Waals surface area contributed by atoms with Gasteiger partial charge in [0.15, 0.2) is 0 Å². The van der Waals surface area contributed by atoms with Gasteiger partial charge in [0.2, 0.25) is 11.8 Å². The molecule has 0 radical (unpaired) electrons. The zero-order valence-electron chi connectivity index (χ0n) is 21.7. The highest BCUT2D eigenvalue weighted by molar-refractivity contribution is 9.10. The largest absolute Gasteiger partial charge is 0.352 e. The predicted octanol–water partition coefficient (Wildman–Crippen LogP) is 5.55. The first kappa shape index (κ1) is 29.7. The van der Waals surface area contributed by atoms with Crippen LogP contribution in [0.1, 0.15) is 31.9 Å². The summed E-state index contributed by atoms with van der Waals surface area (Å²) in [6, 6.07) is 19.2. The average Bonchev–Trinajstić information content (AvgIpc) is 2.87. The molecule has 10 heteroatoms. The number of benzene rings is 3. The van der Waals surface area contributed by atoms with Crippen LogP contribution in [0, 0.1) is 6.92 Å². The van der Waals surface area contributed by atoms with Crippen molar-refractivity contribution in [3.63, 3.8) is 0 Å². The molecule has 0 unspecified atom stereocenters. The van der Waals surface area contributed by atoms with Gasteiger partial charge in [-0.15, -0.1) is 0 Å². The van der Waals surface area contributed by atoms with E-state index >= 15 is 0 Å². The molecule has 0 bridgehead atoms. The first-order valence-electron chi connectivity index (χ1n) is 12.1. The lowest BCUT2D eigenvalue weighted by Gasteiger charge is -2.32. The Kier molecular flexibility index (Phi) is 9.98. The maximum atomic E-state index is 13.9. The van der Waals surface area contributed by atoms with Crippen LogP contribution in [0.3, 0.4) is 0 Å². The Balaban J connectivity index is 2.07. The minimum Gasteiger partial charge on any atom is -0.352 e. The molecule has 2 amide bonds. The third-order valence-electron chi connectivity index (χ3n) is 5.89. The molecule has 0 aromatic heterocycles. The summed E-state index contributed by atoms with van der Waals surface area (Å²) in [5, 5.41) is 3.18. The van der Waals surface area contributed by atoms with Crippen molar-refractivity contribution in [3.8, 4) is 0 Å². The Morgan fingerprint density at radius 3 is 2.29 bits per heavy atom. The van der Waals surface area contributed by atoms with Crippen LogP contribution >= 0.6 is 27.5 Å². The highest BCUT2D eigenvalue weighted by Gasteiger charge is 2.33. The number of nitrogens with one attached hydrogen (secondary N) is 1. The summed E-state index contributed by atoms with van der Waals surface area (Å²) >= 11 is 9.69. The molecule has 1 N–H and O–H groups in total. The van der Waals surface area contributed by atoms with Crippen LogP contribution in [0.2, 0.25) is 5.02 Å². The third kappa shape index (κ3) is 7.36. The third-order valence-corrected chi connectivity index (χ3v) is 8.39. The van der Waals surface area contributed by atoms with Crippen LogP contribution in [0.25, 0.3) is 0 Å². The number of anilines is 1. The SMILES string of the molecule is Cc1ccc(Cl)cc1N(CC(=O)N(Cc1cccc(Br)c1)[C@H](C)C(=O)NC(C)C)S(=O)(=O)c1ccccc1. The van der Waals surface area contributed by atoms with Gasteiger partial charge in [-0.3, -0.25) is 13.9 Å². The fraction of sp³-hybridized carbons (Fsp3) is 0.286. The maximum Gasteiger partial charge on any atom is 0.264 e. The number of halogens is 2. The summed E-state index contributed by atoms with van der Waals surface area (Å²) in [7, 11) is -4.15. The summed E-state index contributed by atoms with van der Waals surface area (Å²) in [6.07, 6.45) is 0. The second-order valence-corrected chi connectivity index (χ2v) is 12.5. The second kappa shape index (κ2) is 12.8. The van der Waals surface area contributed by atoms with E-state index in [0.29, 0.717) is 10.6 Å². The molecule has 0 spiro atoms. The van der Waals surface area contributed by atoms with E-state index in [1.54, 1.807) is 44.2 Å². The van der Waals surface area contributed by atoms with Gasteiger partial charge in [0.1, 0.15) is 12.6 Å². The number of nitrogens with zero attached hydrogens (tertiary/aromatic N) is 2. The summed E-state index contributed by atoms with van der Waals surface area (Å²) in [5.74, 6) is -0.866. The van der Waals surface area contributed by atoms with Crippen LogP contribution < -0.4 is 9.62 Å². The van der Waals surface area contributed by atoms with E-state index in [-0.39, 0.29) is 29.1 Å². The molecule has 38 heavy (non-hydrogen) atoms. The van der Waals surface area contributed by atoms with Gasteiger partial charge in [-0.2, -0.15) is 0 Å². The minimum absolute atomic E-state index is 0.0383. The Bertz CT molecular complexity index is 1400. The van der Waals surface area contributed by atoms with Crippen LogP contribution in [-0.4, -0.2) is 43.8 Å². The summed E-state index contributed by atoms with van der Waals surface area (Å²) in [6.45, 7) is 6.64. The highest BCUT2D eigenvalue weighted by Crippen LogP contribution is 2.30. The van der Waals surface area contributed by atoms with Crippen LogP contribution in [0.15, 0.2) is 82.2 Å². The standard InChI is InChI=1S/C28H31BrClN3O4S/c1-19(2)31-28(35)21(4)32(17-22-9-8-10-23(29)15-22)27(34)18-33(26-16-24(30)14-13-20(26)3)38(36,37)25-11-6-5-7-12-25/h5-16,19,21H,17-18H2,1-4H3,(H,31,35)/t21-/m1/s1. The number of amides is 2. The Morgan fingerprint density at radius 1 is 0.974 bits per heavy atom. The smallest absolute Gasteiger partial charge is 0.264 e. The maximum absolute atomic E-state index is 13.9. The van der Waals surface area contributed by atoms with E-state index in [2.05, 4.69) is 21.2 Å². The number of rotatable bonds is 10. The average molecular weight is 621 g/mol. The van der Waals surface area contributed by atoms with E-state index in [0.717, 1.165) is 14.3 Å². The van der Waals surface area contributed by atoms with E-state index < -0.39 is 28.5 Å². The van der Waals surface area contributed by atoms with Gasteiger partial charge in [0, 0.05) is 22.1 Å². The predicted molar refractivity (Wildman–Crippen MR) is 155 cm³/mol. The molecule has 0 saturated carbocycles. The lowest BCUT2D eigenvalue weighted by Crippen LogP contribution is -2.52. The molecular weight excluding hydrogens is 590 g/mol. The van der Waals surface area contributed by atoms with Gasteiger partial charge in [-0.1, -0.05) is 63.9 Å². The number of hydrogen-bond donors (Lipinski definition) is 1. The van der Waals surface area contributed by atoms with Crippen molar-refractivity contribution in [2.24, 2.45) is 0 Å². The first-order valence-corrected chi connectivity index (χ1v) is 14.7. The summed E-state index contributed by atoms with van der Waals surface area (Å²) < 4.78 is 29.6.